The van der Waals surface area contributed by atoms with E-state index in [-0.39, 0.29) is 12.4 Å². The molecule has 0 unspecified atom stereocenters. The largest absolute Gasteiger partial charge is 0.483 e. The molecule has 3 heteroatoms. The molecule has 0 spiro atoms. The number of aryl methyl sites for hydroxylation is 1. The van der Waals surface area contributed by atoms with Crippen LogP contribution in [0, 0.1) is 12.7 Å². The van der Waals surface area contributed by atoms with Gasteiger partial charge in [-0.15, -0.1) is 0 Å². The fourth-order valence-corrected chi connectivity index (χ4v) is 0.917. The number of ether oxygens (including phenoxy) is 1. The summed E-state index contributed by atoms with van der Waals surface area (Å²) in [6, 6.07) is 4.62. The minimum Gasteiger partial charge on any atom is -0.483 e. The number of aldehydes is 1. The first-order valence-electron chi connectivity index (χ1n) is 3.57. The van der Waals surface area contributed by atoms with Crippen molar-refractivity contribution in [3.8, 4) is 5.75 Å². The third-order valence-corrected chi connectivity index (χ3v) is 1.46. The second-order valence-electron chi connectivity index (χ2n) is 2.36. The molecule has 0 saturated carbocycles. The van der Waals surface area contributed by atoms with Gasteiger partial charge in [-0.25, -0.2) is 4.39 Å². The van der Waals surface area contributed by atoms with E-state index in [0.717, 1.165) is 0 Å². The van der Waals surface area contributed by atoms with Crippen molar-refractivity contribution >= 4 is 6.29 Å². The summed E-state index contributed by atoms with van der Waals surface area (Å²) in [5.41, 5.74) is 0.692. The van der Waals surface area contributed by atoms with Crippen molar-refractivity contribution in [2.45, 2.75) is 6.92 Å². The highest BCUT2D eigenvalue weighted by atomic mass is 19.1. The lowest BCUT2D eigenvalue weighted by atomic mass is 10.2. The number of hydrogen-bond donors (Lipinski definition) is 0. The van der Waals surface area contributed by atoms with E-state index in [2.05, 4.69) is 0 Å². The fourth-order valence-electron chi connectivity index (χ4n) is 0.917. The molecule has 0 fully saturated rings. The fraction of sp³-hybridized carbons (Fsp3) is 0.222. The molecule has 0 bridgehead atoms. The van der Waals surface area contributed by atoms with Gasteiger partial charge in [0.15, 0.2) is 17.9 Å². The minimum atomic E-state index is -0.433. The maximum absolute atomic E-state index is 12.9. The van der Waals surface area contributed by atoms with Crippen molar-refractivity contribution in [1.82, 2.24) is 0 Å². The normalized spacial score (nSPS) is 9.50. The SMILES string of the molecule is Cc1cccc(F)c1OCC=O. The summed E-state index contributed by atoms with van der Waals surface area (Å²) in [6.07, 6.45) is 0.589. The van der Waals surface area contributed by atoms with Gasteiger partial charge in [0.05, 0.1) is 0 Å². The van der Waals surface area contributed by atoms with Gasteiger partial charge >= 0.3 is 0 Å². The van der Waals surface area contributed by atoms with Crippen LogP contribution in [-0.4, -0.2) is 12.9 Å². The van der Waals surface area contributed by atoms with Gasteiger partial charge in [-0.2, -0.15) is 0 Å². The van der Waals surface area contributed by atoms with Gasteiger partial charge in [0.1, 0.15) is 6.61 Å². The van der Waals surface area contributed by atoms with E-state index in [1.54, 1.807) is 19.1 Å². The number of hydrogen-bond acceptors (Lipinski definition) is 2. The molecule has 0 atom stereocenters. The first-order valence-corrected chi connectivity index (χ1v) is 3.57. The van der Waals surface area contributed by atoms with E-state index in [1.165, 1.54) is 6.07 Å². The van der Waals surface area contributed by atoms with Crippen molar-refractivity contribution in [2.75, 3.05) is 6.61 Å². The molecule has 64 valence electrons. The Balaban J connectivity index is 2.88. The summed E-state index contributed by atoms with van der Waals surface area (Å²) in [6.45, 7) is 1.62. The second kappa shape index (κ2) is 3.85. The number of para-hydroxylation sites is 1. The van der Waals surface area contributed by atoms with Crippen molar-refractivity contribution in [3.63, 3.8) is 0 Å². The Hall–Kier alpha value is -1.38. The van der Waals surface area contributed by atoms with E-state index in [9.17, 15) is 9.18 Å². The van der Waals surface area contributed by atoms with Gasteiger partial charge in [0.2, 0.25) is 0 Å². The van der Waals surface area contributed by atoms with E-state index < -0.39 is 5.82 Å². The Morgan fingerprint density at radius 1 is 1.58 bits per heavy atom. The molecule has 2 nitrogen and oxygen atoms in total. The van der Waals surface area contributed by atoms with Crippen molar-refractivity contribution in [3.05, 3.63) is 29.6 Å². The van der Waals surface area contributed by atoms with E-state index in [1.807, 2.05) is 0 Å². The zero-order chi connectivity index (χ0) is 8.97. The molecule has 12 heavy (non-hydrogen) atoms. The minimum absolute atomic E-state index is 0.109. The molecule has 0 radical (unpaired) electrons. The molecule has 0 amide bonds. The second-order valence-corrected chi connectivity index (χ2v) is 2.36. The molecule has 1 aromatic rings. The zero-order valence-electron chi connectivity index (χ0n) is 6.71. The molecule has 0 heterocycles. The van der Waals surface area contributed by atoms with Gasteiger partial charge < -0.3 is 4.74 Å². The molecule has 0 aliphatic rings. The van der Waals surface area contributed by atoms with Gasteiger partial charge in [-0.05, 0) is 18.6 Å². The molecule has 1 rings (SSSR count). The topological polar surface area (TPSA) is 26.3 Å². The van der Waals surface area contributed by atoms with Crippen molar-refractivity contribution in [2.24, 2.45) is 0 Å². The number of benzene rings is 1. The van der Waals surface area contributed by atoms with Crippen LogP contribution in [-0.2, 0) is 4.79 Å². The van der Waals surface area contributed by atoms with Gasteiger partial charge in [0.25, 0.3) is 0 Å². The lowest BCUT2D eigenvalue weighted by molar-refractivity contribution is -0.109. The van der Waals surface area contributed by atoms with Crippen molar-refractivity contribution < 1.29 is 13.9 Å². The Labute approximate surface area is 70.0 Å². The molecule has 0 aromatic heterocycles. The molecular weight excluding hydrogens is 159 g/mol. The van der Waals surface area contributed by atoms with Crippen LogP contribution in [0.3, 0.4) is 0 Å². The number of halogens is 1. The van der Waals surface area contributed by atoms with Crippen LogP contribution in [0.1, 0.15) is 5.56 Å². The highest BCUT2D eigenvalue weighted by molar-refractivity contribution is 5.51. The number of carbonyl (C=O) groups is 1. The predicted molar refractivity (Wildman–Crippen MR) is 42.7 cm³/mol. The van der Waals surface area contributed by atoms with Crippen molar-refractivity contribution in [1.29, 1.82) is 0 Å². The summed E-state index contributed by atoms with van der Waals surface area (Å²) in [4.78, 5) is 9.95. The molecule has 0 saturated heterocycles. The third kappa shape index (κ3) is 1.81. The highest BCUT2D eigenvalue weighted by Crippen LogP contribution is 2.20. The molecule has 0 aliphatic carbocycles. The molecule has 1 aromatic carbocycles. The monoisotopic (exact) mass is 168 g/mol. The summed E-state index contributed by atoms with van der Waals surface area (Å²) in [7, 11) is 0. The number of carbonyl (C=O) groups excluding carboxylic acids is 1. The average molecular weight is 168 g/mol. The highest BCUT2D eigenvalue weighted by Gasteiger charge is 2.04. The van der Waals surface area contributed by atoms with Crippen LogP contribution < -0.4 is 4.74 Å². The lowest BCUT2D eigenvalue weighted by Crippen LogP contribution is -2.01. The lowest BCUT2D eigenvalue weighted by Gasteiger charge is -2.05. The standard InChI is InChI=1S/C9H9FO2/c1-7-3-2-4-8(10)9(7)12-6-5-11/h2-5H,6H2,1H3. The third-order valence-electron chi connectivity index (χ3n) is 1.46. The zero-order valence-corrected chi connectivity index (χ0v) is 6.71. The Kier molecular flexibility index (Phi) is 2.80. The molecule has 0 N–H and O–H groups in total. The Bertz CT molecular complexity index is 264. The first-order chi connectivity index (χ1) is 5.75. The quantitative estimate of drug-likeness (QED) is 0.642. The predicted octanol–water partition coefficient (Wildman–Crippen LogP) is 1.71. The Morgan fingerprint density at radius 2 is 2.33 bits per heavy atom. The number of rotatable bonds is 3. The summed E-state index contributed by atoms with van der Waals surface area (Å²) >= 11 is 0. The van der Waals surface area contributed by atoms with Gasteiger partial charge in [-0.1, -0.05) is 12.1 Å². The van der Waals surface area contributed by atoms with Crippen LogP contribution >= 0.6 is 0 Å². The summed E-state index contributed by atoms with van der Waals surface area (Å²) < 4.78 is 17.8. The summed E-state index contributed by atoms with van der Waals surface area (Å²) in [5, 5.41) is 0. The Morgan fingerprint density at radius 3 is 2.92 bits per heavy atom. The van der Waals surface area contributed by atoms with Crippen LogP contribution in [0.5, 0.6) is 5.75 Å². The molecular formula is C9H9FO2. The van der Waals surface area contributed by atoms with Gasteiger partial charge in [-0.3, -0.25) is 4.79 Å². The van der Waals surface area contributed by atoms with E-state index in [4.69, 9.17) is 4.74 Å². The first kappa shape index (κ1) is 8.71. The van der Waals surface area contributed by atoms with Crippen LogP contribution in [0.15, 0.2) is 18.2 Å². The van der Waals surface area contributed by atoms with Crippen LogP contribution in [0.25, 0.3) is 0 Å². The van der Waals surface area contributed by atoms with Crippen LogP contribution in [0.4, 0.5) is 4.39 Å². The maximum atomic E-state index is 12.9. The molecule has 0 aliphatic heterocycles. The van der Waals surface area contributed by atoms with E-state index >= 15 is 0 Å². The average Bonchev–Trinajstić information content (AvgIpc) is 2.04. The van der Waals surface area contributed by atoms with Crippen LogP contribution in [0.2, 0.25) is 0 Å². The van der Waals surface area contributed by atoms with E-state index in [0.29, 0.717) is 11.8 Å². The maximum Gasteiger partial charge on any atom is 0.165 e. The smallest absolute Gasteiger partial charge is 0.165 e. The van der Waals surface area contributed by atoms with Gasteiger partial charge in [0, 0.05) is 0 Å². The summed E-state index contributed by atoms with van der Waals surface area (Å²) in [5.74, 6) is -0.276.